The minimum Gasteiger partial charge on any atom is -0.493 e. The Hall–Kier alpha value is -2.34. The van der Waals surface area contributed by atoms with Gasteiger partial charge in [0.15, 0.2) is 17.3 Å². The molecule has 1 aromatic carbocycles. The predicted molar refractivity (Wildman–Crippen MR) is 110 cm³/mol. The van der Waals surface area contributed by atoms with Gasteiger partial charge in [-0.2, -0.15) is 0 Å². The third-order valence-electron chi connectivity index (χ3n) is 6.37. The molecule has 2 aliphatic carbocycles. The molecule has 3 rings (SSSR count). The van der Waals surface area contributed by atoms with E-state index in [1.165, 1.54) is 6.92 Å². The maximum atomic E-state index is 12.9. The third-order valence-corrected chi connectivity index (χ3v) is 6.37. The van der Waals surface area contributed by atoms with Crippen molar-refractivity contribution in [3.8, 4) is 5.75 Å². The second kappa shape index (κ2) is 9.65. The summed E-state index contributed by atoms with van der Waals surface area (Å²) in [5.74, 6) is -2.96. The highest BCUT2D eigenvalue weighted by atomic mass is 16.5. The number of ketones is 4. The first-order valence-electron chi connectivity index (χ1n) is 10.8. The van der Waals surface area contributed by atoms with Crippen LogP contribution < -0.4 is 4.74 Å². The topological polar surface area (TPSA) is 97.7 Å². The fourth-order valence-corrected chi connectivity index (χ4v) is 4.89. The Morgan fingerprint density at radius 1 is 1.17 bits per heavy atom. The summed E-state index contributed by atoms with van der Waals surface area (Å²) in [6.07, 6.45) is 3.53. The standard InChI is InChI=1S/C24H30O6/c1-3-4-8-30-21-7-5-6-16-9-15(11-19(27)23(16)21)10-17-12-20(28)22(14(2)26)24(29)18(17)13-25/h5-7,15,17-18,22,25H,3-4,8-13H2,1-2H3. The highest BCUT2D eigenvalue weighted by Crippen LogP contribution is 2.39. The first-order chi connectivity index (χ1) is 14.4. The summed E-state index contributed by atoms with van der Waals surface area (Å²) in [6.45, 7) is 3.52. The van der Waals surface area contributed by atoms with Crippen molar-refractivity contribution in [2.75, 3.05) is 13.2 Å². The molecule has 6 nitrogen and oxygen atoms in total. The molecule has 0 saturated heterocycles. The first-order valence-corrected chi connectivity index (χ1v) is 10.8. The monoisotopic (exact) mass is 414 g/mol. The zero-order chi connectivity index (χ0) is 21.8. The second-order valence-corrected chi connectivity index (χ2v) is 8.59. The van der Waals surface area contributed by atoms with E-state index in [1.807, 2.05) is 18.2 Å². The molecule has 4 atom stereocenters. The van der Waals surface area contributed by atoms with E-state index in [0.717, 1.165) is 18.4 Å². The summed E-state index contributed by atoms with van der Waals surface area (Å²) in [7, 11) is 0. The molecule has 0 aliphatic heterocycles. The lowest BCUT2D eigenvalue weighted by atomic mass is 9.67. The van der Waals surface area contributed by atoms with Gasteiger partial charge in [0.25, 0.3) is 0 Å². The van der Waals surface area contributed by atoms with Crippen molar-refractivity contribution in [2.45, 2.75) is 52.4 Å². The maximum absolute atomic E-state index is 12.9. The molecule has 0 heterocycles. The molecule has 1 saturated carbocycles. The third kappa shape index (κ3) is 4.53. The lowest BCUT2D eigenvalue weighted by Crippen LogP contribution is -2.46. The summed E-state index contributed by atoms with van der Waals surface area (Å²) < 4.78 is 5.82. The van der Waals surface area contributed by atoms with Crippen LogP contribution in [0.25, 0.3) is 0 Å². The van der Waals surface area contributed by atoms with E-state index in [2.05, 4.69) is 6.92 Å². The van der Waals surface area contributed by atoms with Gasteiger partial charge in [-0.3, -0.25) is 19.2 Å². The van der Waals surface area contributed by atoms with Crippen LogP contribution in [-0.4, -0.2) is 41.5 Å². The number of benzene rings is 1. The Morgan fingerprint density at radius 3 is 2.60 bits per heavy atom. The molecule has 1 fully saturated rings. The average Bonchev–Trinajstić information content (AvgIpc) is 2.67. The molecule has 4 unspecified atom stereocenters. The van der Waals surface area contributed by atoms with E-state index in [4.69, 9.17) is 4.74 Å². The number of rotatable bonds is 8. The Bertz CT molecular complexity index is 842. The van der Waals surface area contributed by atoms with Gasteiger partial charge in [-0.15, -0.1) is 0 Å². The van der Waals surface area contributed by atoms with Gasteiger partial charge in [0, 0.05) is 18.8 Å². The van der Waals surface area contributed by atoms with Gasteiger partial charge in [-0.05, 0) is 49.7 Å². The molecule has 0 spiro atoms. The predicted octanol–water partition coefficient (Wildman–Crippen LogP) is 2.97. The van der Waals surface area contributed by atoms with E-state index in [9.17, 15) is 24.3 Å². The number of Topliss-reactive ketones (excluding diaryl/α,β-unsaturated/α-hetero) is 4. The van der Waals surface area contributed by atoms with Gasteiger partial charge in [0.05, 0.1) is 18.8 Å². The lowest BCUT2D eigenvalue weighted by Gasteiger charge is -2.35. The van der Waals surface area contributed by atoms with Crippen molar-refractivity contribution in [1.82, 2.24) is 0 Å². The van der Waals surface area contributed by atoms with Gasteiger partial charge in [-0.25, -0.2) is 0 Å². The van der Waals surface area contributed by atoms with Crippen LogP contribution in [-0.2, 0) is 20.8 Å². The van der Waals surface area contributed by atoms with Crippen molar-refractivity contribution >= 4 is 23.1 Å². The second-order valence-electron chi connectivity index (χ2n) is 8.59. The van der Waals surface area contributed by atoms with E-state index < -0.39 is 23.4 Å². The SMILES string of the molecule is CCCCOc1cccc2c1C(=O)CC(CC1CC(=O)C(C(C)=O)C(=O)C1CO)C2. The Balaban J connectivity index is 1.74. The fraction of sp³-hybridized carbons (Fsp3) is 0.583. The number of hydrogen-bond donors (Lipinski definition) is 1. The van der Waals surface area contributed by atoms with Crippen LogP contribution in [0.4, 0.5) is 0 Å². The number of fused-ring (bicyclic) bond motifs is 1. The Kier molecular flexibility index (Phi) is 7.19. The van der Waals surface area contributed by atoms with Crippen molar-refractivity contribution in [2.24, 2.45) is 23.7 Å². The molecule has 30 heavy (non-hydrogen) atoms. The number of aliphatic hydroxyl groups excluding tert-OH is 1. The molecule has 6 heteroatoms. The molecule has 2 aliphatic rings. The summed E-state index contributed by atoms with van der Waals surface area (Å²) in [6, 6.07) is 5.64. The van der Waals surface area contributed by atoms with Gasteiger partial charge >= 0.3 is 0 Å². The van der Waals surface area contributed by atoms with Crippen LogP contribution in [0.15, 0.2) is 18.2 Å². The summed E-state index contributed by atoms with van der Waals surface area (Å²) >= 11 is 0. The summed E-state index contributed by atoms with van der Waals surface area (Å²) in [4.78, 5) is 49.6. The molecule has 0 radical (unpaired) electrons. The number of hydrogen-bond acceptors (Lipinski definition) is 6. The molecule has 0 aromatic heterocycles. The van der Waals surface area contributed by atoms with Gasteiger partial charge in [-0.1, -0.05) is 25.5 Å². The number of unbranched alkanes of at least 4 members (excludes halogenated alkanes) is 1. The van der Waals surface area contributed by atoms with E-state index in [-0.39, 0.29) is 36.4 Å². The minimum atomic E-state index is -1.24. The number of ether oxygens (including phenoxy) is 1. The summed E-state index contributed by atoms with van der Waals surface area (Å²) in [5, 5.41) is 9.77. The highest BCUT2D eigenvalue weighted by molar-refractivity contribution is 6.20. The van der Waals surface area contributed by atoms with Gasteiger partial charge in [0.1, 0.15) is 17.5 Å². The maximum Gasteiger partial charge on any atom is 0.167 e. The van der Waals surface area contributed by atoms with Gasteiger partial charge < -0.3 is 9.84 Å². The molecular formula is C24H30O6. The van der Waals surface area contributed by atoms with Crippen LogP contribution >= 0.6 is 0 Å². The molecule has 1 aromatic rings. The van der Waals surface area contributed by atoms with Crippen LogP contribution in [0.5, 0.6) is 5.75 Å². The molecule has 0 bridgehead atoms. The van der Waals surface area contributed by atoms with Crippen molar-refractivity contribution in [1.29, 1.82) is 0 Å². The van der Waals surface area contributed by atoms with E-state index >= 15 is 0 Å². The Morgan fingerprint density at radius 2 is 1.93 bits per heavy atom. The minimum absolute atomic E-state index is 0.00980. The van der Waals surface area contributed by atoms with E-state index in [1.54, 1.807) is 0 Å². The van der Waals surface area contributed by atoms with Crippen LogP contribution in [0.3, 0.4) is 0 Å². The number of carbonyl (C=O) groups is 4. The molecule has 1 N–H and O–H groups in total. The molecule has 162 valence electrons. The Labute approximate surface area is 177 Å². The zero-order valence-electron chi connectivity index (χ0n) is 17.7. The quantitative estimate of drug-likeness (QED) is 0.519. The van der Waals surface area contributed by atoms with Crippen LogP contribution in [0.2, 0.25) is 0 Å². The normalized spacial score (nSPS) is 26.4. The highest BCUT2D eigenvalue weighted by Gasteiger charge is 2.45. The number of carbonyl (C=O) groups excluding carboxylic acids is 4. The van der Waals surface area contributed by atoms with Crippen LogP contribution in [0, 0.1) is 23.7 Å². The fourth-order valence-electron chi connectivity index (χ4n) is 4.89. The lowest BCUT2D eigenvalue weighted by molar-refractivity contribution is -0.147. The number of aliphatic hydroxyl groups is 1. The first kappa shape index (κ1) is 22.3. The van der Waals surface area contributed by atoms with Crippen molar-refractivity contribution in [3.05, 3.63) is 29.3 Å². The van der Waals surface area contributed by atoms with E-state index in [0.29, 0.717) is 37.2 Å². The smallest absolute Gasteiger partial charge is 0.167 e. The molecule has 0 amide bonds. The average molecular weight is 414 g/mol. The van der Waals surface area contributed by atoms with Crippen molar-refractivity contribution in [3.63, 3.8) is 0 Å². The molecular weight excluding hydrogens is 384 g/mol. The summed E-state index contributed by atoms with van der Waals surface area (Å²) in [5.41, 5.74) is 1.58. The van der Waals surface area contributed by atoms with Crippen molar-refractivity contribution < 1.29 is 29.0 Å². The zero-order valence-corrected chi connectivity index (χ0v) is 17.7. The van der Waals surface area contributed by atoms with Gasteiger partial charge in [0.2, 0.25) is 0 Å². The van der Waals surface area contributed by atoms with Crippen LogP contribution in [0.1, 0.15) is 61.9 Å². The largest absolute Gasteiger partial charge is 0.493 e.